The Hall–Kier alpha value is -1.57. The molecule has 4 heterocycles. The SMILES string of the molecule is c1nc(Sc2ncnc3sc4c(c23)CCC4)c2c3c(sc2n1)CCCC3. The third-order valence-corrected chi connectivity index (χ3v) is 8.78. The van der Waals surface area contributed by atoms with Gasteiger partial charge in [0.15, 0.2) is 0 Å². The van der Waals surface area contributed by atoms with Crippen LogP contribution < -0.4 is 0 Å². The maximum absolute atomic E-state index is 4.67. The molecule has 26 heavy (non-hydrogen) atoms. The van der Waals surface area contributed by atoms with Crippen LogP contribution in [0.3, 0.4) is 0 Å². The standard InChI is InChI=1S/C19H16N4S3/c1-2-6-12-10(4-1)14-16(24-12)20-8-22-18(14)26-19-15-11-5-3-7-13(11)25-17(15)21-9-23-19/h8-9H,1-7H2. The van der Waals surface area contributed by atoms with E-state index in [1.807, 2.05) is 22.7 Å². The van der Waals surface area contributed by atoms with Gasteiger partial charge in [0.1, 0.15) is 32.4 Å². The Morgan fingerprint density at radius 2 is 1.19 bits per heavy atom. The number of rotatable bonds is 2. The van der Waals surface area contributed by atoms with Crippen molar-refractivity contribution in [2.24, 2.45) is 0 Å². The molecule has 4 nitrogen and oxygen atoms in total. The fraction of sp³-hybridized carbons (Fsp3) is 0.368. The summed E-state index contributed by atoms with van der Waals surface area (Å²) in [7, 11) is 0. The van der Waals surface area contributed by atoms with Crippen LogP contribution in [0.5, 0.6) is 0 Å². The zero-order chi connectivity index (χ0) is 17.1. The van der Waals surface area contributed by atoms with Gasteiger partial charge in [0.25, 0.3) is 0 Å². The summed E-state index contributed by atoms with van der Waals surface area (Å²) in [6, 6.07) is 0. The van der Waals surface area contributed by atoms with E-state index in [-0.39, 0.29) is 0 Å². The van der Waals surface area contributed by atoms with Crippen LogP contribution in [0, 0.1) is 0 Å². The molecule has 2 aliphatic rings. The Labute approximate surface area is 163 Å². The minimum atomic E-state index is 1.06. The van der Waals surface area contributed by atoms with Crippen molar-refractivity contribution in [2.45, 2.75) is 55.0 Å². The molecule has 0 fully saturated rings. The van der Waals surface area contributed by atoms with Crippen LogP contribution in [0.2, 0.25) is 0 Å². The Balaban J connectivity index is 1.53. The molecule has 6 rings (SSSR count). The summed E-state index contributed by atoms with van der Waals surface area (Å²) in [5.74, 6) is 0. The van der Waals surface area contributed by atoms with E-state index >= 15 is 0 Å². The van der Waals surface area contributed by atoms with Gasteiger partial charge in [-0.3, -0.25) is 0 Å². The molecule has 4 aromatic heterocycles. The van der Waals surface area contributed by atoms with Crippen LogP contribution in [-0.4, -0.2) is 19.9 Å². The monoisotopic (exact) mass is 396 g/mol. The number of aryl methyl sites for hydroxylation is 4. The van der Waals surface area contributed by atoms with Crippen molar-refractivity contribution in [3.63, 3.8) is 0 Å². The normalized spacial score (nSPS) is 16.3. The molecule has 0 saturated carbocycles. The van der Waals surface area contributed by atoms with Crippen molar-refractivity contribution in [3.8, 4) is 0 Å². The molecule has 0 spiro atoms. The number of hydrogen-bond donors (Lipinski definition) is 0. The van der Waals surface area contributed by atoms with Crippen molar-refractivity contribution in [3.05, 3.63) is 33.5 Å². The van der Waals surface area contributed by atoms with Crippen LogP contribution in [0.4, 0.5) is 0 Å². The first-order chi connectivity index (χ1) is 12.9. The molecule has 0 N–H and O–H groups in total. The highest BCUT2D eigenvalue weighted by Gasteiger charge is 2.24. The zero-order valence-electron chi connectivity index (χ0n) is 14.1. The lowest BCUT2D eigenvalue weighted by atomic mass is 9.97. The molecule has 0 bridgehead atoms. The van der Waals surface area contributed by atoms with Gasteiger partial charge in [-0.1, -0.05) is 0 Å². The van der Waals surface area contributed by atoms with E-state index in [0.29, 0.717) is 0 Å². The summed E-state index contributed by atoms with van der Waals surface area (Å²) in [6.07, 6.45) is 11.9. The fourth-order valence-corrected chi connectivity index (χ4v) is 7.82. The lowest BCUT2D eigenvalue weighted by molar-refractivity contribution is 0.699. The highest BCUT2D eigenvalue weighted by molar-refractivity contribution is 7.99. The van der Waals surface area contributed by atoms with Crippen LogP contribution in [0.25, 0.3) is 20.4 Å². The van der Waals surface area contributed by atoms with Gasteiger partial charge in [0, 0.05) is 20.5 Å². The van der Waals surface area contributed by atoms with Crippen molar-refractivity contribution in [2.75, 3.05) is 0 Å². The van der Waals surface area contributed by atoms with Crippen molar-refractivity contribution in [1.82, 2.24) is 19.9 Å². The summed E-state index contributed by atoms with van der Waals surface area (Å²) in [5, 5.41) is 4.67. The molecule has 0 amide bonds. The highest BCUT2D eigenvalue weighted by Crippen LogP contribution is 2.44. The summed E-state index contributed by atoms with van der Waals surface area (Å²) in [5.41, 5.74) is 2.96. The maximum Gasteiger partial charge on any atom is 0.128 e. The average molecular weight is 397 g/mol. The first kappa shape index (κ1) is 15.5. The van der Waals surface area contributed by atoms with E-state index in [1.54, 1.807) is 24.4 Å². The molecule has 4 aromatic rings. The van der Waals surface area contributed by atoms with Crippen LogP contribution in [0.1, 0.15) is 40.1 Å². The van der Waals surface area contributed by atoms with Gasteiger partial charge in [0.2, 0.25) is 0 Å². The second-order valence-corrected chi connectivity index (χ2v) is 10.0. The molecular formula is C19H16N4S3. The molecule has 0 radical (unpaired) electrons. The molecule has 0 aromatic carbocycles. The van der Waals surface area contributed by atoms with Crippen LogP contribution in [0.15, 0.2) is 22.7 Å². The third kappa shape index (κ3) is 2.27. The van der Waals surface area contributed by atoms with E-state index in [9.17, 15) is 0 Å². The summed E-state index contributed by atoms with van der Waals surface area (Å²) in [4.78, 5) is 23.7. The van der Waals surface area contributed by atoms with Crippen LogP contribution in [-0.2, 0) is 25.7 Å². The molecular weight excluding hydrogens is 380 g/mol. The molecule has 7 heteroatoms. The highest BCUT2D eigenvalue weighted by atomic mass is 32.2. The predicted octanol–water partition coefficient (Wildman–Crippen LogP) is 5.21. The van der Waals surface area contributed by atoms with E-state index in [0.717, 1.165) is 32.6 Å². The Kier molecular flexibility index (Phi) is 3.56. The summed E-state index contributed by atoms with van der Waals surface area (Å²) < 4.78 is 0. The third-order valence-electron chi connectivity index (χ3n) is 5.38. The second-order valence-electron chi connectivity index (χ2n) is 6.89. The van der Waals surface area contributed by atoms with Gasteiger partial charge in [-0.25, -0.2) is 19.9 Å². The first-order valence-corrected chi connectivity index (χ1v) is 11.5. The fourth-order valence-electron chi connectivity index (χ4n) is 4.21. The van der Waals surface area contributed by atoms with Crippen molar-refractivity contribution < 1.29 is 0 Å². The topological polar surface area (TPSA) is 51.6 Å². The van der Waals surface area contributed by atoms with Crippen LogP contribution >= 0.6 is 34.4 Å². The lowest BCUT2D eigenvalue weighted by Gasteiger charge is -2.11. The predicted molar refractivity (Wildman–Crippen MR) is 108 cm³/mol. The van der Waals surface area contributed by atoms with Crippen molar-refractivity contribution >= 4 is 54.9 Å². The largest absolute Gasteiger partial charge is 0.229 e. The first-order valence-electron chi connectivity index (χ1n) is 9.07. The number of fused-ring (bicyclic) bond motifs is 6. The lowest BCUT2D eigenvalue weighted by Crippen LogP contribution is -1.99. The smallest absolute Gasteiger partial charge is 0.128 e. The second kappa shape index (κ2) is 5.97. The molecule has 130 valence electrons. The van der Waals surface area contributed by atoms with Gasteiger partial charge < -0.3 is 0 Å². The molecule has 0 aliphatic heterocycles. The van der Waals surface area contributed by atoms with Crippen molar-refractivity contribution in [1.29, 1.82) is 0 Å². The molecule has 0 atom stereocenters. The minimum absolute atomic E-state index is 1.06. The zero-order valence-corrected chi connectivity index (χ0v) is 16.6. The Morgan fingerprint density at radius 3 is 1.85 bits per heavy atom. The summed E-state index contributed by atoms with van der Waals surface area (Å²) >= 11 is 5.40. The van der Waals surface area contributed by atoms with E-state index in [1.165, 1.54) is 63.8 Å². The van der Waals surface area contributed by atoms with Gasteiger partial charge in [-0.05, 0) is 67.8 Å². The quantitative estimate of drug-likeness (QED) is 0.435. The maximum atomic E-state index is 4.67. The van der Waals surface area contributed by atoms with Gasteiger partial charge in [-0.15, -0.1) is 22.7 Å². The Morgan fingerprint density at radius 1 is 0.654 bits per heavy atom. The van der Waals surface area contributed by atoms with Gasteiger partial charge in [0.05, 0.1) is 0 Å². The average Bonchev–Trinajstić information content (AvgIpc) is 3.34. The number of nitrogens with zero attached hydrogens (tertiary/aromatic N) is 4. The number of hydrogen-bond acceptors (Lipinski definition) is 7. The minimum Gasteiger partial charge on any atom is -0.229 e. The molecule has 0 unspecified atom stereocenters. The molecule has 2 aliphatic carbocycles. The Bertz CT molecular complexity index is 1160. The molecule has 0 saturated heterocycles. The summed E-state index contributed by atoms with van der Waals surface area (Å²) in [6.45, 7) is 0. The van der Waals surface area contributed by atoms with Gasteiger partial charge in [-0.2, -0.15) is 0 Å². The van der Waals surface area contributed by atoms with E-state index in [2.05, 4.69) is 19.9 Å². The number of aromatic nitrogens is 4. The number of thiophene rings is 2. The van der Waals surface area contributed by atoms with E-state index < -0.39 is 0 Å². The van der Waals surface area contributed by atoms with E-state index in [4.69, 9.17) is 0 Å². The van der Waals surface area contributed by atoms with Gasteiger partial charge >= 0.3 is 0 Å².